The molecule has 9 atom stereocenters. The standard InChI is InChI=1S/C52H75N7O14/c1-8-9-10-11-12-13-41(62)53-36(23-25-43(64)65)46(66)57-45-31(6)73-52(72)44(30(4)5)56-48(68)39(28-33-16-20-35(61)21-17-33)58(7)51(71)40(26-29(2)3)59-42(63)24-22-37(50(59)70)54-47(67)38(55-49(45)69)27-32-14-18-34(60)19-15-32/h14-21,29-31,36-40,42,44-45,60-61,63H,8-13,22-28H2,1-7H3,(H,53,62)(H,54,67)(H,55,69)(H,56,68)(H,57,66)(H,64,65)/t31-,36+,37?,38+,39+,40+,42?,44?,45+/m1/s1. The van der Waals surface area contributed by atoms with Crippen molar-refractivity contribution in [2.24, 2.45) is 11.8 Å². The van der Waals surface area contributed by atoms with Crippen molar-refractivity contribution in [3.05, 3.63) is 59.7 Å². The van der Waals surface area contributed by atoms with Crippen molar-refractivity contribution in [1.29, 1.82) is 0 Å². The third kappa shape index (κ3) is 17.5. The topological polar surface area (TPSA) is 310 Å². The van der Waals surface area contributed by atoms with Crippen LogP contribution in [0.25, 0.3) is 0 Å². The SMILES string of the molecule is CCCCCCCC(=O)N[C@@H](CCC(=O)O)C(=O)N[C@@H]1C(=O)N[C@@H](Cc2ccc(O)cc2)C(=O)NC2CCC(O)N(C2=O)[C@@H](CC(C)C)C(=O)N(C)[C@@H](Cc2ccc(O)cc2)C(=O)NC(C(C)C)C(=O)O[C@@H]1C. The molecule has 2 aromatic carbocycles. The van der Waals surface area contributed by atoms with Gasteiger partial charge >= 0.3 is 11.9 Å². The third-order valence-electron chi connectivity index (χ3n) is 13.1. The lowest BCUT2D eigenvalue weighted by Crippen LogP contribution is -2.65. The first-order valence-corrected chi connectivity index (χ1v) is 25.3. The van der Waals surface area contributed by atoms with Gasteiger partial charge in [0.2, 0.25) is 41.4 Å². The smallest absolute Gasteiger partial charge is 0.329 e. The molecular weight excluding hydrogens is 947 g/mol. The number of carbonyl (C=O) groups excluding carboxylic acids is 8. The number of piperidine rings is 1. The van der Waals surface area contributed by atoms with Crippen LogP contribution in [-0.4, -0.2) is 145 Å². The lowest BCUT2D eigenvalue weighted by Gasteiger charge is -2.43. The minimum Gasteiger partial charge on any atom is -0.508 e. The minimum absolute atomic E-state index is 0.0194. The fourth-order valence-corrected chi connectivity index (χ4v) is 8.85. The summed E-state index contributed by atoms with van der Waals surface area (Å²) >= 11 is 0. The second kappa shape index (κ2) is 27.9. The molecule has 4 rings (SSSR count). The van der Waals surface area contributed by atoms with Gasteiger partial charge in [0.1, 0.15) is 66.1 Å². The highest BCUT2D eigenvalue weighted by atomic mass is 16.5. The van der Waals surface area contributed by atoms with E-state index in [1.54, 1.807) is 39.8 Å². The molecule has 7 amide bonds. The normalized spacial score (nSPS) is 24.1. The number of amides is 7. The molecule has 2 fully saturated rings. The van der Waals surface area contributed by atoms with E-state index < -0.39 is 120 Å². The fourth-order valence-electron chi connectivity index (χ4n) is 8.85. The maximum absolute atomic E-state index is 14.9. The Hall–Kier alpha value is -6.77. The largest absolute Gasteiger partial charge is 0.508 e. The van der Waals surface area contributed by atoms with E-state index in [1.165, 1.54) is 50.4 Å². The molecule has 2 bridgehead atoms. The van der Waals surface area contributed by atoms with Crippen molar-refractivity contribution < 1.29 is 68.3 Å². The summed E-state index contributed by atoms with van der Waals surface area (Å²) in [5.41, 5.74) is 0.930. The highest BCUT2D eigenvalue weighted by Gasteiger charge is 2.46. The van der Waals surface area contributed by atoms with E-state index >= 15 is 0 Å². The van der Waals surface area contributed by atoms with E-state index in [4.69, 9.17) is 4.74 Å². The van der Waals surface area contributed by atoms with Crippen LogP contribution in [-0.2, 0) is 60.7 Å². The van der Waals surface area contributed by atoms with Crippen molar-refractivity contribution in [2.75, 3.05) is 7.05 Å². The number of nitrogens with one attached hydrogen (secondary N) is 5. The van der Waals surface area contributed by atoms with Gasteiger partial charge < -0.3 is 61.5 Å². The quantitative estimate of drug-likeness (QED) is 0.0721. The number of esters is 1. The van der Waals surface area contributed by atoms with Crippen LogP contribution in [0.4, 0.5) is 0 Å². The van der Waals surface area contributed by atoms with Gasteiger partial charge in [-0.3, -0.25) is 38.4 Å². The van der Waals surface area contributed by atoms with Gasteiger partial charge in [0.15, 0.2) is 0 Å². The number of aliphatic carboxylic acids is 1. The molecule has 0 spiro atoms. The zero-order chi connectivity index (χ0) is 54.1. The number of aliphatic hydroxyl groups is 1. The summed E-state index contributed by atoms with van der Waals surface area (Å²) in [4.78, 5) is 129. The Morgan fingerprint density at radius 2 is 1.36 bits per heavy atom. The maximum Gasteiger partial charge on any atom is 0.329 e. The molecule has 0 saturated carbocycles. The minimum atomic E-state index is -1.85. The monoisotopic (exact) mass is 1020 g/mol. The molecular formula is C52H75N7O14. The molecule has 0 aromatic heterocycles. The Balaban J connectivity index is 1.86. The summed E-state index contributed by atoms with van der Waals surface area (Å²) in [6, 6.07) is 1.18. The van der Waals surface area contributed by atoms with Gasteiger partial charge in [-0.25, -0.2) is 4.79 Å². The summed E-state index contributed by atoms with van der Waals surface area (Å²) in [6.45, 7) is 10.1. The number of hydrogen-bond acceptors (Lipinski definition) is 13. The number of unbranched alkanes of at least 4 members (excludes halogenated alkanes) is 4. The first-order valence-electron chi connectivity index (χ1n) is 25.3. The molecule has 9 N–H and O–H groups in total. The predicted molar refractivity (Wildman–Crippen MR) is 266 cm³/mol. The average molecular weight is 1020 g/mol. The summed E-state index contributed by atoms with van der Waals surface area (Å²) in [6.07, 6.45) is -0.457. The lowest BCUT2D eigenvalue weighted by atomic mass is 9.94. The number of ether oxygens (including phenoxy) is 1. The summed E-state index contributed by atoms with van der Waals surface area (Å²) in [5, 5.41) is 54.2. The Labute approximate surface area is 426 Å². The van der Waals surface area contributed by atoms with Crippen molar-refractivity contribution in [3.63, 3.8) is 0 Å². The highest BCUT2D eigenvalue weighted by Crippen LogP contribution is 2.27. The number of hydrogen-bond donors (Lipinski definition) is 9. The van der Waals surface area contributed by atoms with Crippen LogP contribution in [0.15, 0.2) is 48.5 Å². The zero-order valence-corrected chi connectivity index (χ0v) is 42.9. The van der Waals surface area contributed by atoms with Gasteiger partial charge in [-0.2, -0.15) is 0 Å². The number of rotatable bonds is 19. The second-order valence-electron chi connectivity index (χ2n) is 19.9. The number of carboxylic acid groups (broad SMARTS) is 1. The lowest BCUT2D eigenvalue weighted by molar-refractivity contribution is -0.166. The van der Waals surface area contributed by atoms with E-state index in [1.807, 2.05) is 6.92 Å². The van der Waals surface area contributed by atoms with Crippen molar-refractivity contribution in [1.82, 2.24) is 36.4 Å². The molecule has 0 radical (unpaired) electrons. The molecule has 2 aromatic rings. The van der Waals surface area contributed by atoms with Gasteiger partial charge in [0.05, 0.1) is 0 Å². The molecule has 21 nitrogen and oxygen atoms in total. The van der Waals surface area contributed by atoms with E-state index in [-0.39, 0.29) is 62.4 Å². The van der Waals surface area contributed by atoms with Crippen LogP contribution in [0.2, 0.25) is 0 Å². The number of aromatic hydroxyl groups is 2. The molecule has 402 valence electrons. The van der Waals surface area contributed by atoms with Gasteiger partial charge in [-0.15, -0.1) is 0 Å². The Morgan fingerprint density at radius 3 is 1.93 bits per heavy atom. The van der Waals surface area contributed by atoms with Crippen molar-refractivity contribution in [3.8, 4) is 11.5 Å². The number of phenols is 2. The molecule has 21 heteroatoms. The van der Waals surface area contributed by atoms with Crippen LogP contribution in [0.3, 0.4) is 0 Å². The second-order valence-corrected chi connectivity index (χ2v) is 19.9. The molecule has 2 heterocycles. The van der Waals surface area contributed by atoms with Crippen LogP contribution in [0.1, 0.15) is 123 Å². The number of likely N-dealkylation sites (N-methyl/N-ethyl adjacent to an activating group) is 1. The summed E-state index contributed by atoms with van der Waals surface area (Å²) < 4.78 is 5.89. The first-order chi connectivity index (χ1) is 34.5. The van der Waals surface area contributed by atoms with Gasteiger partial charge in [0, 0.05) is 32.7 Å². The Kier molecular flexibility index (Phi) is 22.5. The van der Waals surface area contributed by atoms with Gasteiger partial charge in [0.25, 0.3) is 0 Å². The van der Waals surface area contributed by atoms with E-state index in [2.05, 4.69) is 26.6 Å². The predicted octanol–water partition coefficient (Wildman–Crippen LogP) is 2.32. The highest BCUT2D eigenvalue weighted by molar-refractivity contribution is 5.98. The van der Waals surface area contributed by atoms with E-state index in [0.29, 0.717) is 17.5 Å². The summed E-state index contributed by atoms with van der Waals surface area (Å²) in [5.74, 6) is -9.35. The molecule has 73 heavy (non-hydrogen) atoms. The number of nitrogens with zero attached hydrogens (tertiary/aromatic N) is 2. The van der Waals surface area contributed by atoms with Crippen LogP contribution in [0.5, 0.6) is 11.5 Å². The Bertz CT molecular complexity index is 2240. The number of fused-ring (bicyclic) bond motifs is 2. The first kappa shape index (κ1) is 58.8. The van der Waals surface area contributed by atoms with Crippen molar-refractivity contribution in [2.45, 2.75) is 180 Å². The maximum atomic E-state index is 14.9. The van der Waals surface area contributed by atoms with Gasteiger partial charge in [-0.1, -0.05) is 84.6 Å². The number of aliphatic hydroxyl groups excluding tert-OH is 1. The van der Waals surface area contributed by atoms with Crippen LogP contribution < -0.4 is 26.6 Å². The zero-order valence-electron chi connectivity index (χ0n) is 42.9. The number of carbonyl (C=O) groups is 9. The summed E-state index contributed by atoms with van der Waals surface area (Å²) in [7, 11) is 1.35. The molecule has 2 aliphatic heterocycles. The number of carboxylic acids is 1. The fraction of sp³-hybridized carbons (Fsp3) is 0.596. The van der Waals surface area contributed by atoms with Crippen LogP contribution in [0, 0.1) is 11.8 Å². The van der Waals surface area contributed by atoms with E-state index in [0.717, 1.165) is 35.5 Å². The van der Waals surface area contributed by atoms with E-state index in [9.17, 15) is 63.6 Å². The van der Waals surface area contributed by atoms with Crippen molar-refractivity contribution >= 4 is 53.3 Å². The number of phenolic OH excluding ortho intramolecular Hbond substituents is 2. The number of cyclic esters (lactones) is 1. The molecule has 0 aliphatic carbocycles. The Morgan fingerprint density at radius 1 is 0.753 bits per heavy atom. The van der Waals surface area contributed by atoms with Crippen LogP contribution >= 0.6 is 0 Å². The average Bonchev–Trinajstić information content (AvgIpc) is 3.33. The third-order valence-corrected chi connectivity index (χ3v) is 13.1. The number of benzene rings is 2. The van der Waals surface area contributed by atoms with Gasteiger partial charge in [-0.05, 0) is 86.3 Å². The molecule has 2 saturated heterocycles. The molecule has 2 aliphatic rings. The molecule has 3 unspecified atom stereocenters.